The van der Waals surface area contributed by atoms with Crippen molar-refractivity contribution in [3.63, 3.8) is 0 Å². The first kappa shape index (κ1) is 86.5. The second-order valence-corrected chi connectivity index (χ2v) is 33.0. The molecule has 2 saturated carbocycles. The Labute approximate surface area is 629 Å². The van der Waals surface area contributed by atoms with Gasteiger partial charge in [0.15, 0.2) is 0 Å². The number of nitrogens with one attached hydrogen (secondary N) is 14. The molecule has 1 aromatic carbocycles. The highest BCUT2D eigenvalue weighted by atomic mass is 32.2. The third kappa shape index (κ3) is 27.4. The van der Waals surface area contributed by atoms with Gasteiger partial charge in [0.2, 0.25) is 65.0 Å². The number of carboxylic acids is 1. The molecule has 594 valence electrons. The second-order valence-electron chi connectivity index (χ2n) is 30.9. The zero-order chi connectivity index (χ0) is 77.4. The number of hydrogen-bond acceptors (Lipinski definition) is 22. The van der Waals surface area contributed by atoms with Crippen LogP contribution in [0.1, 0.15) is 175 Å². The molecule has 6 aliphatic rings. The first-order valence-corrected chi connectivity index (χ1v) is 40.1. The van der Waals surface area contributed by atoms with Crippen LogP contribution < -0.4 is 85.9 Å². The summed E-state index contributed by atoms with van der Waals surface area (Å²) in [5.74, 6) is -9.89. The van der Waals surface area contributed by atoms with Gasteiger partial charge in [-0.15, -0.1) is 0 Å². The minimum Gasteiger partial charge on any atom is -0.481 e. The number of thioether (sulfide) groups is 2. The van der Waals surface area contributed by atoms with Gasteiger partial charge in [-0.1, -0.05) is 58.4 Å². The predicted molar refractivity (Wildman–Crippen MR) is 399 cm³/mol. The average Bonchev–Trinajstić information content (AvgIpc) is 1.51. The third-order valence-electron chi connectivity index (χ3n) is 21.0. The van der Waals surface area contributed by atoms with Crippen molar-refractivity contribution in [3.8, 4) is 0 Å². The van der Waals surface area contributed by atoms with Gasteiger partial charge >= 0.3 is 5.97 Å². The molecule has 34 heteroatoms. The molecule has 1 aromatic rings. The number of aliphatic hydroxyl groups excluding tert-OH is 3. The number of aliphatic hydroxyl groups is 3. The van der Waals surface area contributed by atoms with Crippen molar-refractivity contribution in [1.29, 1.82) is 0 Å². The van der Waals surface area contributed by atoms with Crippen molar-refractivity contribution in [1.82, 2.24) is 74.4 Å². The van der Waals surface area contributed by atoms with E-state index in [1.54, 1.807) is 27.7 Å². The molecule has 4 heterocycles. The second kappa shape index (κ2) is 42.3. The van der Waals surface area contributed by atoms with Crippen LogP contribution in [0.15, 0.2) is 24.3 Å². The summed E-state index contributed by atoms with van der Waals surface area (Å²) in [6.07, 6.45) is 1.40. The van der Waals surface area contributed by atoms with Crippen LogP contribution in [0.2, 0.25) is 0 Å². The summed E-state index contributed by atoms with van der Waals surface area (Å²) in [5.41, 5.74) is 13.1. The monoisotopic (exact) mass is 1530 g/mol. The van der Waals surface area contributed by atoms with E-state index in [-0.39, 0.29) is 74.1 Å². The van der Waals surface area contributed by atoms with Crippen LogP contribution >= 0.6 is 23.5 Å². The van der Waals surface area contributed by atoms with Crippen molar-refractivity contribution in [2.75, 3.05) is 37.8 Å². The average molecular weight is 1530 g/mol. The molecule has 0 spiro atoms. The molecule has 2 bridgehead atoms. The molecule has 5 fully saturated rings. The van der Waals surface area contributed by atoms with E-state index in [9.17, 15) is 68.4 Å². The van der Waals surface area contributed by atoms with Gasteiger partial charge in [-0.2, -0.15) is 23.5 Å². The molecular weight excluding hydrogens is 1410 g/mol. The first-order chi connectivity index (χ1) is 50.3. The third-order valence-corrected chi connectivity index (χ3v) is 23.2. The fourth-order valence-corrected chi connectivity index (χ4v) is 16.8. The van der Waals surface area contributed by atoms with Crippen LogP contribution in [0.4, 0.5) is 0 Å². The van der Waals surface area contributed by atoms with Crippen LogP contribution in [0, 0.1) is 29.1 Å². The van der Waals surface area contributed by atoms with E-state index in [2.05, 4.69) is 74.4 Å². The van der Waals surface area contributed by atoms with Crippen molar-refractivity contribution in [2.45, 2.75) is 272 Å². The number of carbonyl (C=O) groups excluding carboxylic acids is 11. The molecule has 106 heavy (non-hydrogen) atoms. The maximum Gasteiger partial charge on any atom is 0.303 e. The Kier molecular flexibility index (Phi) is 34.5. The lowest BCUT2D eigenvalue weighted by molar-refractivity contribution is -0.139. The fourth-order valence-electron chi connectivity index (χ4n) is 14.8. The summed E-state index contributed by atoms with van der Waals surface area (Å²) in [7, 11) is 0. The van der Waals surface area contributed by atoms with Gasteiger partial charge < -0.3 is 106 Å². The number of carbonyl (C=O) groups is 12. The highest BCUT2D eigenvalue weighted by Gasteiger charge is 2.44. The summed E-state index contributed by atoms with van der Waals surface area (Å²) < 4.78 is 0. The highest BCUT2D eigenvalue weighted by molar-refractivity contribution is 7.98. The number of nitrogens with two attached hydrogens (primary N) is 2. The molecule has 32 nitrogen and oxygen atoms in total. The molecule has 3 saturated heterocycles. The van der Waals surface area contributed by atoms with Crippen molar-refractivity contribution in [2.24, 2.45) is 40.6 Å². The Bertz CT molecular complexity index is 3150. The molecule has 11 amide bonds. The lowest BCUT2D eigenvalue weighted by atomic mass is 9.82. The Balaban J connectivity index is 1.23. The summed E-state index contributed by atoms with van der Waals surface area (Å²) in [5, 5.41) is 83.2. The summed E-state index contributed by atoms with van der Waals surface area (Å²) in [4.78, 5) is 172. The Morgan fingerprint density at radius 3 is 1.64 bits per heavy atom. The molecule has 2 aliphatic carbocycles. The van der Waals surface area contributed by atoms with E-state index < -0.39 is 180 Å². The van der Waals surface area contributed by atoms with Gasteiger partial charge in [-0.05, 0) is 170 Å². The fraction of sp³-hybridized carbons (Fsp3) is 0.750. The van der Waals surface area contributed by atoms with E-state index in [0.29, 0.717) is 94.8 Å². The maximum absolute atomic E-state index is 15.2. The number of fused-ring (bicyclic) bond motifs is 3. The zero-order valence-electron chi connectivity index (χ0n) is 62.1. The van der Waals surface area contributed by atoms with E-state index in [1.165, 1.54) is 37.4 Å². The first-order valence-electron chi connectivity index (χ1n) is 37.8. The van der Waals surface area contributed by atoms with Crippen LogP contribution in [-0.4, -0.2) is 226 Å². The number of carboxylic acid groups (broad SMARTS) is 1. The highest BCUT2D eigenvalue weighted by Crippen LogP contribution is 2.33. The van der Waals surface area contributed by atoms with Crippen LogP contribution in [0.5, 0.6) is 0 Å². The number of hydrogen-bond donors (Lipinski definition) is 20. The largest absolute Gasteiger partial charge is 0.481 e. The number of rotatable bonds is 16. The lowest BCUT2D eigenvalue weighted by Crippen LogP contribution is -2.63. The van der Waals surface area contributed by atoms with Crippen molar-refractivity contribution >= 4 is 94.5 Å². The summed E-state index contributed by atoms with van der Waals surface area (Å²) in [6, 6.07) is -8.10. The van der Waals surface area contributed by atoms with Gasteiger partial charge in [0, 0.05) is 61.2 Å². The van der Waals surface area contributed by atoms with E-state index in [1.807, 2.05) is 24.3 Å². The van der Waals surface area contributed by atoms with E-state index in [0.717, 1.165) is 30.5 Å². The SMILES string of the molecule is CCC[C@@H]1NC(=O)[C@H](CC2CCC(O)CC2)NC(=O)[C@H](CCC(=O)O)NC(=O)[C@H](CC2CNC3NCCCC23)NC(=O)[C@H]([C@@H](C)O)NC(=O)[C@H](CC2CNCN2)NC(=O)[C@H](CC2CCC(O)CC2)NC(=O)[C@H](C(C)(C)C)NC(=O)CCSCc2cccc(c2)CSC[C@@H](C(N)=O)NC(=O)[C@H]([C@@H](C)N)NC1=O. The number of benzene rings is 1. The van der Waals surface area contributed by atoms with Crippen molar-refractivity contribution in [3.05, 3.63) is 35.4 Å². The van der Waals surface area contributed by atoms with E-state index >= 15 is 9.59 Å². The minimum absolute atomic E-state index is 0.0244. The van der Waals surface area contributed by atoms with Crippen LogP contribution in [0.25, 0.3) is 0 Å². The Morgan fingerprint density at radius 1 is 0.585 bits per heavy atom. The number of piperidine rings is 1. The zero-order valence-corrected chi connectivity index (χ0v) is 63.7. The molecule has 7 rings (SSSR count). The van der Waals surface area contributed by atoms with Gasteiger partial charge in [0.1, 0.15) is 60.4 Å². The van der Waals surface area contributed by atoms with Crippen LogP contribution in [0.3, 0.4) is 0 Å². The molecule has 22 N–H and O–H groups in total. The molecule has 4 aliphatic heterocycles. The Hall–Kier alpha value is -6.76. The predicted octanol–water partition coefficient (Wildman–Crippen LogP) is -1.94. The van der Waals surface area contributed by atoms with Gasteiger partial charge in [0.25, 0.3) is 0 Å². The number of primary amides is 1. The standard InChI is InChI=1S/C72H118N16O16S2/c1-7-10-49-64(97)87-58(38(2)73)69(102)85-55(61(74)95)36-106-35-43-12-8-11-42(27-43)34-105-26-24-56(92)86-60(72(4,5)6)71(104)84-52(29-41-16-20-47(91)21-17-41)66(99)82-54(31-45-33-75-37-78-45)68(101)88-59(39(3)89)70(103)83-53(30-44-32-77-62-48(44)13-9-25-76-62)67(100)80-50(22-23-57(93)94)63(96)81-51(65(98)79-49)28-40-14-18-46(90)19-15-40/h8,11-12,27,38-41,44-55,58-60,62,75-78,89-91H,7,9-10,13-26,28-37,73H2,1-6H3,(H2,74,95)(H,79,98)(H,80,100)(H,81,96)(H,82,99)(H,83,103)(H,84,104)(H,85,102)(H,86,92)(H,87,97)(H,88,101)(H,93,94)/t38-,39-,40?,41?,44?,45?,46?,47?,48?,49+,50+,51+,52+,53+,54+,55+,58+,59+,60-,62?/m1/s1. The van der Waals surface area contributed by atoms with Gasteiger partial charge in [-0.3, -0.25) is 57.5 Å². The number of amides is 11. The summed E-state index contributed by atoms with van der Waals surface area (Å²) in [6.45, 7) is 11.6. The van der Waals surface area contributed by atoms with Gasteiger partial charge in [0.05, 0.1) is 24.5 Å². The summed E-state index contributed by atoms with van der Waals surface area (Å²) >= 11 is 2.80. The molecule has 0 radical (unpaired) electrons. The maximum atomic E-state index is 15.2. The molecule has 4 unspecified atom stereocenters. The van der Waals surface area contributed by atoms with Crippen molar-refractivity contribution < 1.29 is 78.0 Å². The molecule has 0 aromatic heterocycles. The molecule has 16 atom stereocenters. The van der Waals surface area contributed by atoms with E-state index in [4.69, 9.17) is 11.5 Å². The Morgan fingerprint density at radius 2 is 1.09 bits per heavy atom. The number of aliphatic carboxylic acids is 1. The quantitative estimate of drug-likeness (QED) is 0.0856. The minimum atomic E-state index is -1.80. The topological polar surface area (TPSA) is 506 Å². The smallest absolute Gasteiger partial charge is 0.303 e. The van der Waals surface area contributed by atoms with Gasteiger partial charge in [-0.25, -0.2) is 0 Å². The lowest BCUT2D eigenvalue weighted by Gasteiger charge is -2.34. The van der Waals surface area contributed by atoms with Crippen LogP contribution in [-0.2, 0) is 69.0 Å². The molecular formula is C72H118N16O16S2. The normalized spacial score (nSPS) is 32.8.